The predicted molar refractivity (Wildman–Crippen MR) is 229 cm³/mol. The smallest absolute Gasteiger partial charge is 0.0626 e. The summed E-state index contributed by atoms with van der Waals surface area (Å²) < 4.78 is 4.92. The molecule has 252 valence electrons. The second kappa shape index (κ2) is 12.2. The lowest BCUT2D eigenvalue weighted by molar-refractivity contribution is 1.18. The van der Waals surface area contributed by atoms with Crippen LogP contribution in [0, 0.1) is 0 Å². The van der Waals surface area contributed by atoms with Crippen LogP contribution >= 0.6 is 0 Å². The summed E-state index contributed by atoms with van der Waals surface area (Å²) in [6.07, 6.45) is 0. The molecule has 0 bridgehead atoms. The van der Waals surface area contributed by atoms with E-state index in [-0.39, 0.29) is 0 Å². The number of nitrogens with zero attached hydrogens (tertiary/aromatic N) is 2. The van der Waals surface area contributed by atoms with Crippen molar-refractivity contribution in [2.24, 2.45) is 0 Å². The first-order valence-electron chi connectivity index (χ1n) is 18.6. The van der Waals surface area contributed by atoms with Crippen molar-refractivity contribution in [3.8, 4) is 44.8 Å². The number of benzene rings is 9. The van der Waals surface area contributed by atoms with Crippen LogP contribution in [0.15, 0.2) is 206 Å². The summed E-state index contributed by atoms with van der Waals surface area (Å²) >= 11 is 0. The van der Waals surface area contributed by atoms with E-state index >= 15 is 0 Å². The second-order valence-electron chi connectivity index (χ2n) is 14.1. The van der Waals surface area contributed by atoms with Crippen molar-refractivity contribution >= 4 is 54.4 Å². The van der Waals surface area contributed by atoms with Gasteiger partial charge in [-0.3, -0.25) is 0 Å². The number of hydrogen-bond donors (Lipinski definition) is 0. The zero-order valence-corrected chi connectivity index (χ0v) is 29.5. The molecule has 0 aliphatic rings. The molecule has 2 heterocycles. The number of para-hydroxylation sites is 3. The minimum atomic E-state index is 1.14. The van der Waals surface area contributed by atoms with Gasteiger partial charge in [-0.05, 0) is 99.4 Å². The van der Waals surface area contributed by atoms with E-state index in [2.05, 4.69) is 215 Å². The molecule has 2 heteroatoms. The first-order valence-corrected chi connectivity index (χ1v) is 18.6. The van der Waals surface area contributed by atoms with Crippen molar-refractivity contribution in [2.45, 2.75) is 0 Å². The predicted octanol–water partition coefficient (Wildman–Crippen LogP) is 14.0. The number of aromatic nitrogens is 2. The van der Waals surface area contributed by atoms with Crippen LogP contribution in [-0.4, -0.2) is 9.13 Å². The van der Waals surface area contributed by atoms with E-state index in [1.54, 1.807) is 0 Å². The monoisotopic (exact) mass is 686 g/mol. The number of rotatable bonds is 5. The second-order valence-corrected chi connectivity index (χ2v) is 14.1. The quantitative estimate of drug-likeness (QED) is 0.171. The minimum absolute atomic E-state index is 1.14. The standard InChI is InChI=1S/C52H34N2/c1-4-15-35(16-5-1)39-31-40(36-17-6-2-7-18-36)33-41(32-39)38-19-14-22-43(34-38)54-47-25-12-10-23-44(47)45-29-27-37-28-30-49-51(50(37)52(45)54)46-24-11-13-26-48(46)53(49)42-20-8-3-9-21-42/h1-34H. The van der Waals surface area contributed by atoms with Crippen molar-refractivity contribution in [2.75, 3.05) is 0 Å². The van der Waals surface area contributed by atoms with E-state index in [4.69, 9.17) is 0 Å². The Morgan fingerprint density at radius 1 is 0.259 bits per heavy atom. The molecular formula is C52H34N2. The van der Waals surface area contributed by atoms with Gasteiger partial charge in [0.1, 0.15) is 0 Å². The molecule has 0 N–H and O–H groups in total. The Bertz CT molecular complexity index is 3130. The maximum Gasteiger partial charge on any atom is 0.0626 e. The van der Waals surface area contributed by atoms with E-state index in [1.165, 1.54) is 87.8 Å². The highest BCUT2D eigenvalue weighted by Gasteiger charge is 2.21. The molecule has 2 aromatic heterocycles. The topological polar surface area (TPSA) is 9.86 Å². The van der Waals surface area contributed by atoms with Gasteiger partial charge >= 0.3 is 0 Å². The molecular weight excluding hydrogens is 653 g/mol. The van der Waals surface area contributed by atoms with Crippen molar-refractivity contribution in [3.63, 3.8) is 0 Å². The summed E-state index contributed by atoms with van der Waals surface area (Å²) in [6, 6.07) is 75.2. The van der Waals surface area contributed by atoms with Gasteiger partial charge in [-0.1, -0.05) is 146 Å². The van der Waals surface area contributed by atoms with E-state index < -0.39 is 0 Å². The molecule has 0 saturated heterocycles. The zero-order chi connectivity index (χ0) is 35.6. The summed E-state index contributed by atoms with van der Waals surface area (Å²) in [7, 11) is 0. The lowest BCUT2D eigenvalue weighted by Crippen LogP contribution is -1.96. The van der Waals surface area contributed by atoms with E-state index in [0.717, 1.165) is 11.4 Å². The highest BCUT2D eigenvalue weighted by Crippen LogP contribution is 2.44. The molecule has 0 fully saturated rings. The van der Waals surface area contributed by atoms with Crippen molar-refractivity contribution in [1.29, 1.82) is 0 Å². The van der Waals surface area contributed by atoms with Gasteiger partial charge in [0.05, 0.1) is 22.1 Å². The third-order valence-electron chi connectivity index (χ3n) is 11.1. The van der Waals surface area contributed by atoms with Gasteiger partial charge in [0, 0.05) is 38.3 Å². The van der Waals surface area contributed by atoms with Crippen LogP contribution in [0.1, 0.15) is 0 Å². The molecule has 0 amide bonds. The molecule has 2 nitrogen and oxygen atoms in total. The molecule has 0 aliphatic carbocycles. The van der Waals surface area contributed by atoms with Gasteiger partial charge in [0.15, 0.2) is 0 Å². The third-order valence-corrected chi connectivity index (χ3v) is 11.1. The maximum absolute atomic E-state index is 2.50. The van der Waals surface area contributed by atoms with Crippen molar-refractivity contribution in [1.82, 2.24) is 9.13 Å². The molecule has 0 saturated carbocycles. The normalized spacial score (nSPS) is 11.7. The number of fused-ring (bicyclic) bond motifs is 9. The Morgan fingerprint density at radius 2 is 0.778 bits per heavy atom. The fourth-order valence-corrected chi connectivity index (χ4v) is 8.66. The van der Waals surface area contributed by atoms with Crippen LogP contribution in [0.5, 0.6) is 0 Å². The highest BCUT2D eigenvalue weighted by molar-refractivity contribution is 6.30. The molecule has 0 atom stereocenters. The summed E-state index contributed by atoms with van der Waals surface area (Å²) in [5, 5.41) is 7.54. The molecule has 0 unspecified atom stereocenters. The van der Waals surface area contributed by atoms with Gasteiger partial charge in [0.25, 0.3) is 0 Å². The van der Waals surface area contributed by atoms with Crippen LogP contribution in [0.25, 0.3) is 99.1 Å². The molecule has 54 heavy (non-hydrogen) atoms. The summed E-state index contributed by atoms with van der Waals surface area (Å²) in [5.74, 6) is 0. The van der Waals surface area contributed by atoms with Crippen LogP contribution in [0.2, 0.25) is 0 Å². The average molecular weight is 687 g/mol. The Morgan fingerprint density at radius 3 is 1.46 bits per heavy atom. The molecule has 0 radical (unpaired) electrons. The molecule has 0 aliphatic heterocycles. The maximum atomic E-state index is 2.50. The fourth-order valence-electron chi connectivity index (χ4n) is 8.66. The Balaban J connectivity index is 1.21. The van der Waals surface area contributed by atoms with Gasteiger partial charge in [0.2, 0.25) is 0 Å². The molecule has 9 aromatic carbocycles. The Kier molecular flexibility index (Phi) is 6.90. The molecule has 11 aromatic rings. The third kappa shape index (κ3) is 4.74. The first-order chi connectivity index (χ1) is 26.8. The van der Waals surface area contributed by atoms with Crippen LogP contribution < -0.4 is 0 Å². The minimum Gasteiger partial charge on any atom is -0.309 e. The highest BCUT2D eigenvalue weighted by atomic mass is 15.0. The lowest BCUT2D eigenvalue weighted by Gasteiger charge is -2.14. The van der Waals surface area contributed by atoms with Crippen molar-refractivity contribution in [3.05, 3.63) is 206 Å². The van der Waals surface area contributed by atoms with Gasteiger partial charge in [-0.2, -0.15) is 0 Å². The largest absolute Gasteiger partial charge is 0.309 e. The zero-order valence-electron chi connectivity index (χ0n) is 29.5. The number of hydrogen-bond acceptors (Lipinski definition) is 0. The Labute approximate surface area is 313 Å². The van der Waals surface area contributed by atoms with E-state index in [0.29, 0.717) is 0 Å². The molecule has 0 spiro atoms. The van der Waals surface area contributed by atoms with Crippen molar-refractivity contribution < 1.29 is 0 Å². The summed E-state index contributed by atoms with van der Waals surface area (Å²) in [5.41, 5.74) is 14.3. The van der Waals surface area contributed by atoms with Gasteiger partial charge in [-0.25, -0.2) is 0 Å². The van der Waals surface area contributed by atoms with Gasteiger partial charge < -0.3 is 9.13 Å². The summed E-state index contributed by atoms with van der Waals surface area (Å²) in [6.45, 7) is 0. The Hall–Kier alpha value is -7.16. The lowest BCUT2D eigenvalue weighted by atomic mass is 9.93. The first kappa shape index (κ1) is 30.5. The van der Waals surface area contributed by atoms with Crippen LogP contribution in [0.4, 0.5) is 0 Å². The van der Waals surface area contributed by atoms with E-state index in [1.807, 2.05) is 0 Å². The SMILES string of the molecule is c1ccc(-c2cc(-c3ccccc3)cc(-c3cccc(-n4c5ccccc5c5ccc6ccc7c(c8ccccc8n7-c7ccccc7)c6c54)c3)c2)cc1. The van der Waals surface area contributed by atoms with Gasteiger partial charge in [-0.15, -0.1) is 0 Å². The van der Waals surface area contributed by atoms with E-state index in [9.17, 15) is 0 Å². The fraction of sp³-hybridized carbons (Fsp3) is 0. The summed E-state index contributed by atoms with van der Waals surface area (Å²) in [4.78, 5) is 0. The van der Waals surface area contributed by atoms with Crippen LogP contribution in [-0.2, 0) is 0 Å². The average Bonchev–Trinajstić information content (AvgIpc) is 3.78. The molecule has 11 rings (SSSR count). The van der Waals surface area contributed by atoms with Crippen LogP contribution in [0.3, 0.4) is 0 Å².